The average molecular weight is 296 g/mol. The molecule has 1 N–H and O–H groups in total. The number of esters is 1. The molecule has 0 aliphatic carbocycles. The van der Waals surface area contributed by atoms with Crippen molar-refractivity contribution in [2.45, 2.75) is 6.92 Å². The Morgan fingerprint density at radius 1 is 1.35 bits per heavy atom. The predicted molar refractivity (Wildman–Crippen MR) is 68.7 cm³/mol. The van der Waals surface area contributed by atoms with Gasteiger partial charge in [-0.3, -0.25) is 0 Å². The van der Waals surface area contributed by atoms with E-state index in [1.54, 1.807) is 6.92 Å². The molecule has 0 heterocycles. The molecule has 1 aromatic rings. The summed E-state index contributed by atoms with van der Waals surface area (Å²) in [4.78, 5) is 11.1. The maximum Gasteiger partial charge on any atom is 0.334 e. The highest BCUT2D eigenvalue weighted by Crippen LogP contribution is 2.35. The van der Waals surface area contributed by atoms with Crippen LogP contribution in [0.1, 0.15) is 12.5 Å². The van der Waals surface area contributed by atoms with Gasteiger partial charge in [-0.25, -0.2) is 4.79 Å². The van der Waals surface area contributed by atoms with Gasteiger partial charge < -0.3 is 9.84 Å². The molecule has 92 valence electrons. The van der Waals surface area contributed by atoms with E-state index in [9.17, 15) is 9.90 Å². The second-order valence-electron chi connectivity index (χ2n) is 3.00. The molecule has 0 aromatic heterocycles. The molecule has 0 aliphatic rings. The van der Waals surface area contributed by atoms with E-state index in [0.29, 0.717) is 0 Å². The Morgan fingerprint density at radius 3 is 2.59 bits per heavy atom. The summed E-state index contributed by atoms with van der Waals surface area (Å²) in [7, 11) is 0. The molecular formula is C11H9Cl3O3. The molecule has 17 heavy (non-hydrogen) atoms. The Labute approximate surface area is 114 Å². The Bertz CT molecular complexity index is 469. The minimum Gasteiger partial charge on any atom is -0.507 e. The molecule has 6 heteroatoms. The van der Waals surface area contributed by atoms with E-state index >= 15 is 0 Å². The van der Waals surface area contributed by atoms with Crippen LogP contribution in [0.25, 0.3) is 5.76 Å². The molecule has 0 fully saturated rings. The van der Waals surface area contributed by atoms with E-state index in [1.807, 2.05) is 0 Å². The van der Waals surface area contributed by atoms with Crippen molar-refractivity contribution in [1.82, 2.24) is 0 Å². The fourth-order valence-electron chi connectivity index (χ4n) is 1.10. The molecule has 0 amide bonds. The molecule has 0 radical (unpaired) electrons. The van der Waals surface area contributed by atoms with Crippen molar-refractivity contribution in [3.05, 3.63) is 38.8 Å². The van der Waals surface area contributed by atoms with Crippen LogP contribution in [0.15, 0.2) is 18.2 Å². The van der Waals surface area contributed by atoms with Gasteiger partial charge in [-0.1, -0.05) is 34.8 Å². The van der Waals surface area contributed by atoms with Crippen LogP contribution in [0.3, 0.4) is 0 Å². The first-order valence-electron chi connectivity index (χ1n) is 4.68. The molecule has 0 saturated heterocycles. The molecule has 3 nitrogen and oxygen atoms in total. The number of aliphatic hydroxyl groups is 1. The van der Waals surface area contributed by atoms with Gasteiger partial charge in [0.05, 0.1) is 27.8 Å². The summed E-state index contributed by atoms with van der Waals surface area (Å²) in [5.74, 6) is -0.987. The van der Waals surface area contributed by atoms with Crippen LogP contribution in [-0.2, 0) is 9.53 Å². The normalized spacial score (nSPS) is 11.4. The van der Waals surface area contributed by atoms with E-state index in [1.165, 1.54) is 12.1 Å². The zero-order valence-corrected chi connectivity index (χ0v) is 11.1. The van der Waals surface area contributed by atoms with Crippen molar-refractivity contribution in [3.63, 3.8) is 0 Å². The Kier molecular flexibility index (Phi) is 5.12. The molecule has 0 unspecified atom stereocenters. The zero-order valence-electron chi connectivity index (χ0n) is 8.84. The lowest BCUT2D eigenvalue weighted by molar-refractivity contribution is -0.137. The molecule has 0 bridgehead atoms. The fourth-order valence-corrected chi connectivity index (χ4v) is 1.73. The number of halogens is 3. The van der Waals surface area contributed by atoms with E-state index in [0.717, 1.165) is 6.08 Å². The van der Waals surface area contributed by atoms with Crippen molar-refractivity contribution in [1.29, 1.82) is 0 Å². The molecule has 1 rings (SSSR count). The number of benzene rings is 1. The molecule has 0 spiro atoms. The first kappa shape index (κ1) is 14.2. The molecule has 0 aliphatic heterocycles. The average Bonchev–Trinajstić information content (AvgIpc) is 2.26. The van der Waals surface area contributed by atoms with Gasteiger partial charge in [0.15, 0.2) is 0 Å². The lowest BCUT2D eigenvalue weighted by Crippen LogP contribution is -2.01. The number of carbonyl (C=O) groups excluding carboxylic acids is 1. The third-order valence-electron chi connectivity index (χ3n) is 1.85. The fraction of sp³-hybridized carbons (Fsp3) is 0.182. The number of hydrogen-bond acceptors (Lipinski definition) is 3. The predicted octanol–water partition coefficient (Wildman–Crippen LogP) is 4.11. The molecule has 0 saturated carbocycles. The van der Waals surface area contributed by atoms with Crippen LogP contribution in [0.5, 0.6) is 0 Å². The number of carbonyl (C=O) groups is 1. The Balaban J connectivity index is 3.09. The van der Waals surface area contributed by atoms with Crippen molar-refractivity contribution in [2.24, 2.45) is 0 Å². The maximum atomic E-state index is 11.1. The van der Waals surface area contributed by atoms with Gasteiger partial charge >= 0.3 is 5.97 Å². The largest absolute Gasteiger partial charge is 0.507 e. The summed E-state index contributed by atoms with van der Waals surface area (Å²) in [5, 5.41) is 10.2. The highest BCUT2D eigenvalue weighted by atomic mass is 35.5. The summed E-state index contributed by atoms with van der Waals surface area (Å²) < 4.78 is 4.65. The second-order valence-corrected chi connectivity index (χ2v) is 4.17. The summed E-state index contributed by atoms with van der Waals surface area (Å²) >= 11 is 17.4. The van der Waals surface area contributed by atoms with Gasteiger partial charge in [-0.05, 0) is 19.1 Å². The number of aliphatic hydroxyl groups excluding tert-OH is 1. The third-order valence-corrected chi connectivity index (χ3v) is 3.15. The van der Waals surface area contributed by atoms with Crippen molar-refractivity contribution >= 4 is 46.5 Å². The van der Waals surface area contributed by atoms with Gasteiger partial charge in [-0.15, -0.1) is 0 Å². The first-order valence-corrected chi connectivity index (χ1v) is 5.82. The van der Waals surface area contributed by atoms with E-state index < -0.39 is 5.97 Å². The van der Waals surface area contributed by atoms with Gasteiger partial charge in [0.1, 0.15) is 5.76 Å². The van der Waals surface area contributed by atoms with E-state index in [-0.39, 0.29) is 33.0 Å². The topological polar surface area (TPSA) is 46.5 Å². The van der Waals surface area contributed by atoms with E-state index in [2.05, 4.69) is 4.74 Å². The van der Waals surface area contributed by atoms with Gasteiger partial charge in [-0.2, -0.15) is 0 Å². The summed E-state index contributed by atoms with van der Waals surface area (Å²) in [5.41, 5.74) is 0.217. The van der Waals surface area contributed by atoms with E-state index in [4.69, 9.17) is 34.8 Å². The molecular weight excluding hydrogens is 286 g/mol. The van der Waals surface area contributed by atoms with Gasteiger partial charge in [0, 0.05) is 5.56 Å². The maximum absolute atomic E-state index is 11.1. The van der Waals surface area contributed by atoms with Crippen LogP contribution in [0.4, 0.5) is 0 Å². The Hall–Kier alpha value is -0.900. The first-order chi connectivity index (χ1) is 7.97. The number of ether oxygens (including phenoxy) is 1. The smallest absolute Gasteiger partial charge is 0.334 e. The zero-order chi connectivity index (χ0) is 13.0. The summed E-state index contributed by atoms with van der Waals surface area (Å²) in [6, 6.07) is 2.93. The van der Waals surface area contributed by atoms with Crippen molar-refractivity contribution in [2.75, 3.05) is 6.61 Å². The van der Waals surface area contributed by atoms with Crippen LogP contribution < -0.4 is 0 Å². The summed E-state index contributed by atoms with van der Waals surface area (Å²) in [6.07, 6.45) is 0.926. The molecule has 1 aromatic carbocycles. The molecule has 0 atom stereocenters. The van der Waals surface area contributed by atoms with Crippen molar-refractivity contribution in [3.8, 4) is 0 Å². The highest BCUT2D eigenvalue weighted by Gasteiger charge is 2.13. The highest BCUT2D eigenvalue weighted by molar-refractivity contribution is 6.48. The van der Waals surface area contributed by atoms with Gasteiger partial charge in [0.25, 0.3) is 0 Å². The Morgan fingerprint density at radius 2 is 2.00 bits per heavy atom. The van der Waals surface area contributed by atoms with Crippen molar-refractivity contribution < 1.29 is 14.6 Å². The lowest BCUT2D eigenvalue weighted by Gasteiger charge is -2.06. The number of rotatable bonds is 3. The van der Waals surface area contributed by atoms with Crippen LogP contribution in [0, 0.1) is 0 Å². The standard InChI is InChI=1S/C11H9Cl3O3/c1-2-17-9(16)5-8(15)6-3-4-7(12)11(14)10(6)13/h3-5,15H,2H2,1H3. The minimum atomic E-state index is -0.660. The van der Waals surface area contributed by atoms with Crippen LogP contribution in [-0.4, -0.2) is 17.7 Å². The van der Waals surface area contributed by atoms with Crippen LogP contribution >= 0.6 is 34.8 Å². The van der Waals surface area contributed by atoms with Gasteiger partial charge in [0.2, 0.25) is 0 Å². The SMILES string of the molecule is CCOC(=O)C=C(O)c1ccc(Cl)c(Cl)c1Cl. The quantitative estimate of drug-likeness (QED) is 0.395. The monoisotopic (exact) mass is 294 g/mol. The summed E-state index contributed by atoms with van der Waals surface area (Å²) in [6.45, 7) is 1.88. The lowest BCUT2D eigenvalue weighted by atomic mass is 10.2. The second kappa shape index (κ2) is 6.15. The number of hydrogen-bond donors (Lipinski definition) is 1. The third kappa shape index (κ3) is 3.53. The minimum absolute atomic E-state index is 0.0808. The van der Waals surface area contributed by atoms with Crippen LogP contribution in [0.2, 0.25) is 15.1 Å².